The molecule has 0 fully saturated rings. The smallest absolute Gasteiger partial charge is 0.186 e. The van der Waals surface area contributed by atoms with Crippen molar-refractivity contribution in [2.45, 2.75) is 12.8 Å². The van der Waals surface area contributed by atoms with Gasteiger partial charge in [0.25, 0.3) is 0 Å². The van der Waals surface area contributed by atoms with Crippen LogP contribution in [-0.4, -0.2) is 22.5 Å². The molecule has 1 aliphatic rings. The molecule has 0 radical (unpaired) electrons. The van der Waals surface area contributed by atoms with Crippen LogP contribution in [0.15, 0.2) is 11.1 Å². The fourth-order valence-electron chi connectivity index (χ4n) is 2.19. The number of hydrogen-bond donors (Lipinski definition) is 0. The highest BCUT2D eigenvalue weighted by Gasteiger charge is 2.26. The minimum Gasteiger partial charge on any atom is -0.297 e. The van der Waals surface area contributed by atoms with Crippen LogP contribution in [-0.2, 0) is 11.2 Å². The lowest BCUT2D eigenvalue weighted by Gasteiger charge is -2.16. The first-order valence-corrected chi connectivity index (χ1v) is 7.29. The van der Waals surface area contributed by atoms with Crippen LogP contribution in [0.2, 0.25) is 0 Å². The van der Waals surface area contributed by atoms with Gasteiger partial charge in [0.15, 0.2) is 17.4 Å². The molecule has 1 aromatic carbocycles. The number of halogens is 4. The summed E-state index contributed by atoms with van der Waals surface area (Å²) in [5, 5.41) is 0.724. The van der Waals surface area contributed by atoms with Gasteiger partial charge in [-0.3, -0.25) is 9.79 Å². The number of thiazole rings is 1. The third-order valence-electron chi connectivity index (χ3n) is 3.26. The lowest BCUT2D eigenvalue weighted by molar-refractivity contribution is -0.121. The number of rotatable bonds is 2. The Balaban J connectivity index is 1.95. The van der Waals surface area contributed by atoms with Gasteiger partial charge in [0.1, 0.15) is 16.5 Å². The summed E-state index contributed by atoms with van der Waals surface area (Å²) in [5.74, 6) is -3.82. The van der Waals surface area contributed by atoms with Crippen molar-refractivity contribution in [3.05, 3.63) is 28.5 Å². The van der Waals surface area contributed by atoms with Crippen LogP contribution in [0.1, 0.15) is 11.4 Å². The summed E-state index contributed by atoms with van der Waals surface area (Å²) in [4.78, 5) is 19.5. The molecule has 0 N–H and O–H groups in total. The number of fused-ring (bicyclic) bond motifs is 1. The maximum absolute atomic E-state index is 13.6. The van der Waals surface area contributed by atoms with Crippen LogP contribution in [0, 0.1) is 23.4 Å². The number of ketones is 1. The SMILES string of the molecule is O=C1CN=C(Cl)CC1Cc1nc2c(F)c(F)cc(F)c2s1. The molecule has 0 aliphatic carbocycles. The Hall–Kier alpha value is -1.47. The van der Waals surface area contributed by atoms with Gasteiger partial charge < -0.3 is 0 Å². The van der Waals surface area contributed by atoms with Crippen molar-refractivity contribution in [2.24, 2.45) is 10.9 Å². The highest BCUT2D eigenvalue weighted by Crippen LogP contribution is 2.31. The number of carbonyl (C=O) groups is 1. The van der Waals surface area contributed by atoms with E-state index in [-0.39, 0.29) is 35.4 Å². The summed E-state index contributed by atoms with van der Waals surface area (Å²) in [7, 11) is 0. The van der Waals surface area contributed by atoms with Gasteiger partial charge in [-0.15, -0.1) is 11.3 Å². The van der Waals surface area contributed by atoms with Gasteiger partial charge in [0, 0.05) is 24.8 Å². The lowest BCUT2D eigenvalue weighted by atomic mass is 9.95. The van der Waals surface area contributed by atoms with E-state index in [9.17, 15) is 18.0 Å². The van der Waals surface area contributed by atoms with E-state index in [0.717, 1.165) is 11.3 Å². The topological polar surface area (TPSA) is 42.3 Å². The van der Waals surface area contributed by atoms with Crippen LogP contribution < -0.4 is 0 Å². The van der Waals surface area contributed by atoms with E-state index in [1.807, 2.05) is 0 Å². The van der Waals surface area contributed by atoms with E-state index < -0.39 is 23.4 Å². The molecule has 0 saturated carbocycles. The van der Waals surface area contributed by atoms with Crippen LogP contribution in [0.25, 0.3) is 10.2 Å². The highest BCUT2D eigenvalue weighted by molar-refractivity contribution is 7.18. The van der Waals surface area contributed by atoms with Gasteiger partial charge in [-0.2, -0.15) is 0 Å². The maximum atomic E-state index is 13.6. The Morgan fingerprint density at radius 2 is 2.10 bits per heavy atom. The molecule has 0 spiro atoms. The molecule has 0 bridgehead atoms. The summed E-state index contributed by atoms with van der Waals surface area (Å²) >= 11 is 6.72. The fourth-order valence-corrected chi connectivity index (χ4v) is 3.48. The molecule has 0 saturated heterocycles. The summed E-state index contributed by atoms with van der Waals surface area (Å²) in [6.07, 6.45) is 0.500. The average molecular weight is 333 g/mol. The van der Waals surface area contributed by atoms with Crippen molar-refractivity contribution < 1.29 is 18.0 Å². The van der Waals surface area contributed by atoms with E-state index in [1.165, 1.54) is 0 Å². The highest BCUT2D eigenvalue weighted by atomic mass is 35.5. The van der Waals surface area contributed by atoms with Gasteiger partial charge in [-0.05, 0) is 0 Å². The molecule has 21 heavy (non-hydrogen) atoms. The number of Topliss-reactive ketones (excluding diaryl/α,β-unsaturated/α-hetero) is 1. The van der Waals surface area contributed by atoms with Gasteiger partial charge in [0.05, 0.1) is 16.3 Å². The van der Waals surface area contributed by atoms with E-state index >= 15 is 0 Å². The molecule has 3 rings (SSSR count). The molecule has 0 amide bonds. The number of hydrogen-bond acceptors (Lipinski definition) is 4. The third kappa shape index (κ3) is 2.67. The van der Waals surface area contributed by atoms with Crippen LogP contribution in [0.5, 0.6) is 0 Å². The van der Waals surface area contributed by atoms with E-state index in [1.54, 1.807) is 0 Å². The maximum Gasteiger partial charge on any atom is 0.186 e. The van der Waals surface area contributed by atoms with Gasteiger partial charge in [-0.25, -0.2) is 18.2 Å². The minimum atomic E-state index is -1.28. The first kappa shape index (κ1) is 14.5. The zero-order chi connectivity index (χ0) is 15.1. The van der Waals surface area contributed by atoms with Crippen molar-refractivity contribution in [2.75, 3.05) is 6.54 Å². The molecule has 2 heterocycles. The zero-order valence-electron chi connectivity index (χ0n) is 10.5. The average Bonchev–Trinajstić information content (AvgIpc) is 2.85. The second-order valence-corrected chi connectivity index (χ2v) is 6.22. The summed E-state index contributed by atoms with van der Waals surface area (Å²) in [5.41, 5.74) is -0.337. The third-order valence-corrected chi connectivity index (χ3v) is 4.62. The quantitative estimate of drug-likeness (QED) is 0.790. The van der Waals surface area contributed by atoms with Crippen molar-refractivity contribution in [1.82, 2.24) is 4.98 Å². The van der Waals surface area contributed by atoms with Crippen LogP contribution >= 0.6 is 22.9 Å². The van der Waals surface area contributed by atoms with E-state index in [2.05, 4.69) is 9.98 Å². The van der Waals surface area contributed by atoms with Crippen molar-refractivity contribution in [1.29, 1.82) is 0 Å². The van der Waals surface area contributed by atoms with Gasteiger partial charge in [-0.1, -0.05) is 11.6 Å². The molecule has 2 aromatic rings. The Morgan fingerprint density at radius 1 is 1.33 bits per heavy atom. The number of aromatic nitrogens is 1. The molecule has 1 atom stereocenters. The number of carbonyl (C=O) groups excluding carboxylic acids is 1. The zero-order valence-corrected chi connectivity index (χ0v) is 12.1. The van der Waals surface area contributed by atoms with E-state index in [4.69, 9.17) is 11.6 Å². The number of aliphatic imine (C=N–C) groups is 1. The van der Waals surface area contributed by atoms with Crippen LogP contribution in [0.4, 0.5) is 13.2 Å². The van der Waals surface area contributed by atoms with Crippen molar-refractivity contribution in [3.8, 4) is 0 Å². The fraction of sp³-hybridized carbons (Fsp3) is 0.308. The molecular weight excluding hydrogens is 325 g/mol. The largest absolute Gasteiger partial charge is 0.297 e. The molecule has 8 heteroatoms. The van der Waals surface area contributed by atoms with Crippen LogP contribution in [0.3, 0.4) is 0 Å². The molecule has 3 nitrogen and oxygen atoms in total. The summed E-state index contributed by atoms with van der Waals surface area (Å²) in [6.45, 7) is 0.00570. The monoisotopic (exact) mass is 332 g/mol. The first-order valence-electron chi connectivity index (χ1n) is 6.10. The Kier molecular flexibility index (Phi) is 3.71. The second-order valence-electron chi connectivity index (χ2n) is 4.70. The van der Waals surface area contributed by atoms with Crippen molar-refractivity contribution >= 4 is 44.1 Å². The summed E-state index contributed by atoms with van der Waals surface area (Å²) < 4.78 is 40.3. The predicted octanol–water partition coefficient (Wildman–Crippen LogP) is 3.48. The van der Waals surface area contributed by atoms with Gasteiger partial charge >= 0.3 is 0 Å². The molecule has 1 aliphatic heterocycles. The lowest BCUT2D eigenvalue weighted by Crippen LogP contribution is -2.26. The van der Waals surface area contributed by atoms with Crippen molar-refractivity contribution in [3.63, 3.8) is 0 Å². The Bertz CT molecular complexity index is 774. The van der Waals surface area contributed by atoms with Gasteiger partial charge in [0.2, 0.25) is 0 Å². The second kappa shape index (κ2) is 5.38. The Morgan fingerprint density at radius 3 is 2.86 bits per heavy atom. The number of nitrogens with zero attached hydrogens (tertiary/aromatic N) is 2. The first-order chi connectivity index (χ1) is 9.95. The van der Waals surface area contributed by atoms with E-state index in [0.29, 0.717) is 16.2 Å². The molecular formula is C13H8ClF3N2OS. The standard InChI is InChI=1S/C13H8ClF3N2OS/c14-9-1-5(8(20)4-18-9)2-10-19-12-11(17)6(15)3-7(16)13(12)21-10/h3,5H,1-2,4H2. The molecule has 1 unspecified atom stereocenters. The predicted molar refractivity (Wildman–Crippen MR) is 74.5 cm³/mol. The number of benzene rings is 1. The summed E-state index contributed by atoms with van der Waals surface area (Å²) in [6, 6.07) is 0.495. The minimum absolute atomic E-state index is 0.00570. The molecule has 1 aromatic heterocycles. The normalized spacial score (nSPS) is 19.1. The molecule has 110 valence electrons. The Labute approximate surface area is 126 Å².